The summed E-state index contributed by atoms with van der Waals surface area (Å²) in [7, 11) is 8.53. The van der Waals surface area contributed by atoms with Crippen LogP contribution in [0.4, 0.5) is 22.1 Å². The van der Waals surface area contributed by atoms with Crippen molar-refractivity contribution in [2.24, 2.45) is 23.2 Å². The van der Waals surface area contributed by atoms with Crippen LogP contribution in [0.1, 0.15) is 150 Å². The summed E-state index contributed by atoms with van der Waals surface area (Å²) in [6.45, 7) is 13.2. The third-order valence-corrected chi connectivity index (χ3v) is 32.1. The Hall–Kier alpha value is -12.8. The molecule has 6 aliphatic rings. The predicted molar refractivity (Wildman–Crippen MR) is 520 cm³/mol. The number of Topliss-reactive ketones (excluding diaryl/α,β-unsaturated/α-hetero) is 2. The van der Waals surface area contributed by atoms with E-state index in [0.717, 1.165) is 33.3 Å². The molecule has 7 heterocycles. The van der Waals surface area contributed by atoms with Crippen LogP contribution in [0.2, 0.25) is 0 Å². The molecule has 2 saturated heterocycles. The number of aliphatic carboxylic acids is 2. The van der Waals surface area contributed by atoms with Gasteiger partial charge in [0, 0.05) is 175 Å². The number of H-pyrrole nitrogens is 2. The number of ether oxygens (including phenoxy) is 4. The molecule has 42 nitrogen and oxygen atoms in total. The number of amides is 6. The Balaban J connectivity index is 0.00000241. The number of ketones is 2. The fourth-order valence-corrected chi connectivity index (χ4v) is 24.2. The Labute approximate surface area is 832 Å². The van der Waals surface area contributed by atoms with Crippen LogP contribution in [0.3, 0.4) is 0 Å². The van der Waals surface area contributed by atoms with Crippen molar-refractivity contribution in [3.8, 4) is 18.1 Å². The molecule has 15 atom stereocenters. The zero-order chi connectivity index (χ0) is 104. The Morgan fingerprint density at radius 3 is 2.07 bits per heavy atom. The average molecular weight is 2040 g/mol. The summed E-state index contributed by atoms with van der Waals surface area (Å²) >= 11 is 0. The van der Waals surface area contributed by atoms with Crippen molar-refractivity contribution in [3.63, 3.8) is 0 Å². The van der Waals surface area contributed by atoms with Gasteiger partial charge in [-0.05, 0) is 136 Å². The van der Waals surface area contributed by atoms with E-state index in [-0.39, 0.29) is 118 Å². The SMILES string of the molecule is C#CCN(Cc1ccc2nc(N)[nH]c(=O)c2c1)c1ccc(C(=O)N[C@@H](CCC(=O)OCCSSCCC(=O)C[C@@H](C)C(=O)N[C@@H](C)C(=O)C[C@@H](C)C(=O)N[C@@H](CNC(=O)CCSSCCOC(=O)NNC(=O)[C@]2(O)[C@H](O)[C@]3(CC)C=CCN4CC[C@@]5(c6cc([C@@]7(COC=O)CC8CN(CCc9c7[nH]c7ccccc97)C[C@](O)(CC)C8)c(OC)cc6N(C)[C@@]25C)[C@@H]43)C(=O)O)C(=O)O)cc1.O=C=O.O=C=O.O=C=O. The van der Waals surface area contributed by atoms with Gasteiger partial charge in [-0.2, -0.15) is 28.8 Å². The fourth-order valence-electron chi connectivity index (χ4n) is 20.5. The second-order valence-electron chi connectivity index (χ2n) is 35.6. The number of terminal acetylenes is 1. The van der Waals surface area contributed by atoms with E-state index < -0.39 is 147 Å². The molecule has 12 rings (SSSR count). The number of nitrogens with one attached hydrogen (secondary N) is 8. The number of aromatic nitrogens is 3. The maximum Gasteiger partial charge on any atom is 0.426 e. The summed E-state index contributed by atoms with van der Waals surface area (Å²) in [5, 5.41) is 70.4. The number of para-hydroxylation sites is 1. The van der Waals surface area contributed by atoms with Gasteiger partial charge in [0.1, 0.15) is 49.5 Å². The lowest BCUT2D eigenvalue weighted by Crippen LogP contribution is -2.87. The van der Waals surface area contributed by atoms with Crippen LogP contribution in [-0.4, -0.2) is 290 Å². The highest BCUT2D eigenvalue weighted by atomic mass is 33.1. The van der Waals surface area contributed by atoms with E-state index >= 15 is 4.79 Å². The van der Waals surface area contributed by atoms with E-state index in [9.17, 15) is 83.1 Å². The second kappa shape index (κ2) is 51.3. The molecular weight excluding hydrogens is 1930 g/mol. The number of carboxylic acid groups (broad SMARTS) is 2. The number of nitrogen functional groups attached to an aromatic ring is 1. The van der Waals surface area contributed by atoms with Crippen molar-refractivity contribution in [1.29, 1.82) is 0 Å². The number of likely N-dealkylation sites (N-methyl/N-ethyl adjacent to an activating group) is 1. The molecule has 0 radical (unpaired) electrons. The first-order chi connectivity index (χ1) is 67.7. The number of hydrazine groups is 1. The van der Waals surface area contributed by atoms with Crippen LogP contribution >= 0.6 is 43.2 Å². The number of fused-ring (bicyclic) bond motifs is 7. The third-order valence-electron chi connectivity index (χ3n) is 27.3. The summed E-state index contributed by atoms with van der Waals surface area (Å²) in [6.07, 6.45) is 9.22. The first kappa shape index (κ1) is 113. The first-order valence-corrected chi connectivity index (χ1v) is 50.7. The molecule has 46 heteroatoms. The Morgan fingerprint density at radius 1 is 0.761 bits per heavy atom. The Bertz CT molecular complexity index is 5820. The normalized spacial score (nSPS) is 22.9. The summed E-state index contributed by atoms with van der Waals surface area (Å²) in [4.78, 5) is 237. The number of anilines is 3. The van der Waals surface area contributed by atoms with Gasteiger partial charge >= 0.3 is 42.5 Å². The van der Waals surface area contributed by atoms with Gasteiger partial charge in [0.15, 0.2) is 11.4 Å². The van der Waals surface area contributed by atoms with E-state index in [0.29, 0.717) is 129 Å². The molecule has 2 bridgehead atoms. The number of carboxylic acids is 2. The van der Waals surface area contributed by atoms with Gasteiger partial charge in [0.05, 0.1) is 47.2 Å². The number of aliphatic hydroxyl groups excluding tert-OH is 1. The third kappa shape index (κ3) is 25.6. The van der Waals surface area contributed by atoms with E-state index in [4.69, 9.17) is 59.9 Å². The maximum absolute atomic E-state index is 15.4. The van der Waals surface area contributed by atoms with Crippen LogP contribution in [0, 0.1) is 35.5 Å². The number of methoxy groups -OCH3 is 1. The lowest BCUT2D eigenvalue weighted by Gasteiger charge is -2.68. The monoisotopic (exact) mass is 2040 g/mol. The van der Waals surface area contributed by atoms with E-state index in [1.54, 1.807) is 51.4 Å². The van der Waals surface area contributed by atoms with Gasteiger partial charge in [-0.25, -0.2) is 24.8 Å². The van der Waals surface area contributed by atoms with Crippen LogP contribution in [0.15, 0.2) is 95.8 Å². The number of nitrogens with two attached hydrogens (primary N) is 1. The molecule has 4 aromatic carbocycles. The maximum atomic E-state index is 15.4. The van der Waals surface area contributed by atoms with Crippen LogP contribution in [0.25, 0.3) is 21.8 Å². The number of hydrogen-bond donors (Lipinski definition) is 14. The zero-order valence-corrected chi connectivity index (χ0v) is 82.9. The minimum absolute atomic E-state index is 0.00545. The number of rotatable bonds is 44. The number of esters is 1. The largest absolute Gasteiger partial charge is 0.496 e. The average Bonchev–Trinajstić information content (AvgIpc) is 1.45. The molecule has 15 N–H and O–H groups in total. The van der Waals surface area contributed by atoms with Crippen molar-refractivity contribution >= 4 is 172 Å². The molecule has 2 aromatic heterocycles. The van der Waals surface area contributed by atoms with E-state index in [1.165, 1.54) is 76.1 Å². The lowest BCUT2D eigenvalue weighted by atomic mass is 9.42. The molecule has 3 fully saturated rings. The topological polar surface area (TPSA) is 618 Å². The number of aromatic amines is 2. The van der Waals surface area contributed by atoms with Gasteiger partial charge in [0.2, 0.25) is 23.7 Å². The number of aliphatic hydroxyl groups is 3. The molecule has 2 unspecified atom stereocenters. The van der Waals surface area contributed by atoms with Crippen LogP contribution in [0.5, 0.6) is 5.75 Å². The van der Waals surface area contributed by atoms with Crippen molar-refractivity contribution in [2.75, 3.05) is 118 Å². The highest BCUT2D eigenvalue weighted by molar-refractivity contribution is 8.77. The highest BCUT2D eigenvalue weighted by Gasteiger charge is 2.84. The quantitative estimate of drug-likeness (QED) is 0.00372. The molecule has 1 aliphatic carbocycles. The number of carbonyl (C=O) groups is 12. The minimum atomic E-state index is -2.68. The summed E-state index contributed by atoms with van der Waals surface area (Å²) < 4.78 is 23.3. The van der Waals surface area contributed by atoms with Crippen LogP contribution < -0.4 is 57.9 Å². The predicted octanol–water partition coefficient (Wildman–Crippen LogP) is 4.23. The van der Waals surface area contributed by atoms with Crippen molar-refractivity contribution in [1.82, 2.24) is 56.9 Å². The smallest absolute Gasteiger partial charge is 0.426 e. The number of piperidine rings is 1. The molecule has 142 heavy (non-hydrogen) atoms. The summed E-state index contributed by atoms with van der Waals surface area (Å²) in [5.41, 5.74) is 8.15. The van der Waals surface area contributed by atoms with E-state index in [1.807, 2.05) is 60.1 Å². The van der Waals surface area contributed by atoms with Gasteiger partial charge < -0.3 is 86.3 Å². The van der Waals surface area contributed by atoms with Crippen LogP contribution in [-0.2, 0) is 115 Å². The van der Waals surface area contributed by atoms with E-state index in [2.05, 4.69) is 74.9 Å². The van der Waals surface area contributed by atoms with Crippen molar-refractivity contribution in [2.45, 2.75) is 183 Å². The molecule has 764 valence electrons. The number of benzene rings is 4. The standard InChI is InChI=1S/C93H118N14O22S4.3CO2/c1-10-31-107(50-57-18-23-68-64(43-57)80(116)101-86(94)100-68)60-21-19-59(20-22-60)79(115)98-69(81(117)118)24-25-75(112)128-35-39-132-130-37-27-61(109)41-54(4)77(113)96-56(6)72(110)42-55(5)78(114)99-70(82(119)120)48-95-74(111)28-38-131-133-40-36-129-87(123)103-102-85(122)93(125)84(121)90(12-3)29-15-32-106-34-30-92(83(90)106)65-44-66(73(126-9)45-71(65)104(8)88(92,93)7)91(52-127-53-108)47-58-46-89(124,11-2)51-105(49-58)33-26-63-62-16-13-14-17-67(62)97-76(63)91;3*2-1-3/h1,13-23,29,43-45,53-56,58,69-70,83-84,97,121,124-125H,11-12,24-28,30-42,46-52H2,2-9H3,(H,95,111)(H,96,113)(H,98,115)(H,99,114)(H,102,122)(H,103,123)(H,117,118)(H,119,120)(H3,94,100,101,116);;;/t54-,55-,56+,58?,69+,70+,83+,84-,88-,89+,90-,91+,92-,93-;;;/m1.../s1. The summed E-state index contributed by atoms with van der Waals surface area (Å²) in [5.74, 6) is -5.79. The minimum Gasteiger partial charge on any atom is -0.496 e. The highest BCUT2D eigenvalue weighted by Crippen LogP contribution is 2.72. The van der Waals surface area contributed by atoms with Crippen molar-refractivity contribution in [3.05, 3.63) is 135 Å². The van der Waals surface area contributed by atoms with Gasteiger partial charge in [-0.15, -0.1) is 6.42 Å². The van der Waals surface area contributed by atoms with Gasteiger partial charge in [0.25, 0.3) is 23.8 Å². The molecule has 1 spiro atoms. The zero-order valence-electron chi connectivity index (χ0n) is 79.6. The fraction of sp³-hybridized carbons (Fsp3) is 0.510. The molecule has 6 aromatic rings. The number of nitrogens with zero attached hydrogens (tertiary/aromatic N) is 5. The van der Waals surface area contributed by atoms with Gasteiger partial charge in [-0.1, -0.05) is 113 Å². The van der Waals surface area contributed by atoms with Crippen molar-refractivity contribution < 1.29 is 131 Å². The Kier molecular flexibility index (Phi) is 40.7. The van der Waals surface area contributed by atoms with Gasteiger partial charge in [-0.3, -0.25) is 68.2 Å². The summed E-state index contributed by atoms with van der Waals surface area (Å²) in [6, 6.07) is 19.0. The first-order valence-electron chi connectivity index (χ1n) is 45.7. The molecule has 6 amide bonds. The molecule has 5 aliphatic heterocycles. The Morgan fingerprint density at radius 2 is 1.42 bits per heavy atom. The molecule has 1 saturated carbocycles. The molecular formula is C96H118N14O28S4. The lowest BCUT2D eigenvalue weighted by molar-refractivity contribution is -0.224. The number of carbonyl (C=O) groups excluding carboxylic acids is 16. The number of hydrogen-bond acceptors (Lipinski definition) is 36. The second-order valence-corrected chi connectivity index (χ2v) is 41.0.